The van der Waals surface area contributed by atoms with E-state index in [1.807, 2.05) is 67.4 Å². The van der Waals surface area contributed by atoms with Crippen LogP contribution in [0.4, 0.5) is 0 Å². The topological polar surface area (TPSA) is 46.3 Å². The Morgan fingerprint density at radius 3 is 1.79 bits per heavy atom. The molecule has 2 rings (SSSR count). The molecule has 0 aliphatic rings. The fraction of sp³-hybridized carbons (Fsp3) is 0.381. The molecule has 2 aromatic carbocycles. The molecule has 2 N–H and O–H groups in total. The van der Waals surface area contributed by atoms with Crippen molar-refractivity contribution in [1.29, 1.82) is 0 Å². The second-order valence-corrected chi connectivity index (χ2v) is 6.77. The van der Waals surface area contributed by atoms with E-state index in [0.29, 0.717) is 5.92 Å². The Bertz CT molecular complexity index is 639. The number of nitrogens with zero attached hydrogens (tertiary/aromatic N) is 1. The first-order chi connectivity index (χ1) is 11.4. The summed E-state index contributed by atoms with van der Waals surface area (Å²) in [7, 11) is 1.88. The van der Waals surface area contributed by atoms with Gasteiger partial charge < -0.3 is 10.6 Å². The molecule has 0 saturated carbocycles. The molecule has 0 bridgehead atoms. The van der Waals surface area contributed by atoms with Gasteiger partial charge in [0.25, 0.3) is 0 Å². The summed E-state index contributed by atoms with van der Waals surface area (Å²) >= 11 is 0. The van der Waals surface area contributed by atoms with Crippen molar-refractivity contribution in [2.24, 2.45) is 17.6 Å². The van der Waals surface area contributed by atoms with Crippen LogP contribution >= 0.6 is 0 Å². The predicted molar refractivity (Wildman–Crippen MR) is 99.3 cm³/mol. The molecule has 1 amide bonds. The van der Waals surface area contributed by atoms with Gasteiger partial charge in [0.15, 0.2) is 0 Å². The average molecular weight is 324 g/mol. The van der Waals surface area contributed by atoms with E-state index < -0.39 is 0 Å². The highest BCUT2D eigenvalue weighted by Gasteiger charge is 2.30. The quantitative estimate of drug-likeness (QED) is 0.866. The highest BCUT2D eigenvalue weighted by atomic mass is 16.2. The molecule has 128 valence electrons. The maximum atomic E-state index is 13.0. The lowest BCUT2D eigenvalue weighted by molar-refractivity contribution is -0.137. The zero-order valence-corrected chi connectivity index (χ0v) is 15.0. The molecule has 0 saturated heterocycles. The van der Waals surface area contributed by atoms with Crippen LogP contribution in [0.1, 0.15) is 44.0 Å². The van der Waals surface area contributed by atoms with Gasteiger partial charge in [-0.05, 0) is 17.0 Å². The largest absolute Gasteiger partial charge is 0.338 e. The van der Waals surface area contributed by atoms with Crippen LogP contribution in [-0.4, -0.2) is 17.9 Å². The Labute approximate surface area is 145 Å². The first-order valence-corrected chi connectivity index (χ1v) is 8.55. The predicted octanol–water partition coefficient (Wildman–Crippen LogP) is 4.18. The van der Waals surface area contributed by atoms with Crippen LogP contribution in [0.2, 0.25) is 0 Å². The highest BCUT2D eigenvalue weighted by molar-refractivity contribution is 5.79. The van der Waals surface area contributed by atoms with E-state index in [1.165, 1.54) is 0 Å². The van der Waals surface area contributed by atoms with Crippen LogP contribution in [0, 0.1) is 11.8 Å². The summed E-state index contributed by atoms with van der Waals surface area (Å²) in [5, 5.41) is 0. The van der Waals surface area contributed by atoms with Gasteiger partial charge in [0.1, 0.15) is 0 Å². The normalized spacial score (nSPS) is 14.9. The molecule has 0 radical (unpaired) electrons. The van der Waals surface area contributed by atoms with Crippen molar-refractivity contribution < 1.29 is 4.79 Å². The summed E-state index contributed by atoms with van der Waals surface area (Å²) in [5.41, 5.74) is 8.49. The summed E-state index contributed by atoms with van der Waals surface area (Å²) in [5.74, 6) is 0.123. The van der Waals surface area contributed by atoms with Crippen molar-refractivity contribution in [2.45, 2.75) is 32.9 Å². The van der Waals surface area contributed by atoms with E-state index in [-0.39, 0.29) is 23.9 Å². The maximum Gasteiger partial charge on any atom is 0.227 e. The van der Waals surface area contributed by atoms with Crippen molar-refractivity contribution in [2.75, 3.05) is 7.05 Å². The zero-order valence-electron chi connectivity index (χ0n) is 15.0. The smallest absolute Gasteiger partial charge is 0.227 e. The highest BCUT2D eigenvalue weighted by Crippen LogP contribution is 2.30. The first-order valence-electron chi connectivity index (χ1n) is 8.55. The lowest BCUT2D eigenvalue weighted by Crippen LogP contribution is -2.40. The zero-order chi connectivity index (χ0) is 17.7. The van der Waals surface area contributed by atoms with Gasteiger partial charge in [-0.1, -0.05) is 81.4 Å². The minimum atomic E-state index is -0.301. The van der Waals surface area contributed by atoms with Gasteiger partial charge in [-0.25, -0.2) is 0 Å². The second-order valence-electron chi connectivity index (χ2n) is 6.77. The number of benzene rings is 2. The van der Waals surface area contributed by atoms with E-state index in [0.717, 1.165) is 11.1 Å². The molecule has 3 atom stereocenters. The minimum absolute atomic E-state index is 0.0455. The minimum Gasteiger partial charge on any atom is -0.338 e. The van der Waals surface area contributed by atoms with E-state index in [9.17, 15) is 4.79 Å². The fourth-order valence-electron chi connectivity index (χ4n) is 3.28. The molecular weight excluding hydrogens is 296 g/mol. The molecule has 0 aliphatic carbocycles. The molecule has 0 heterocycles. The van der Waals surface area contributed by atoms with Crippen molar-refractivity contribution >= 4 is 5.91 Å². The van der Waals surface area contributed by atoms with Gasteiger partial charge in [-0.2, -0.15) is 0 Å². The van der Waals surface area contributed by atoms with E-state index in [2.05, 4.69) is 26.0 Å². The number of carbonyl (C=O) groups is 1. The van der Waals surface area contributed by atoms with Crippen LogP contribution < -0.4 is 5.73 Å². The molecule has 0 spiro atoms. The Morgan fingerprint density at radius 2 is 1.33 bits per heavy atom. The number of carbonyl (C=O) groups excluding carboxylic acids is 1. The molecule has 3 unspecified atom stereocenters. The summed E-state index contributed by atoms with van der Waals surface area (Å²) in [6.45, 7) is 6.20. The third kappa shape index (κ3) is 4.04. The average Bonchev–Trinajstić information content (AvgIpc) is 2.61. The molecule has 0 fully saturated rings. The van der Waals surface area contributed by atoms with Gasteiger partial charge in [-0.15, -0.1) is 0 Å². The number of hydrogen-bond acceptors (Lipinski definition) is 2. The van der Waals surface area contributed by atoms with Gasteiger partial charge in [0.05, 0.1) is 12.0 Å². The molecule has 3 nitrogen and oxygen atoms in total. The van der Waals surface area contributed by atoms with Gasteiger partial charge >= 0.3 is 0 Å². The summed E-state index contributed by atoms with van der Waals surface area (Å²) in [6, 6.07) is 19.8. The summed E-state index contributed by atoms with van der Waals surface area (Å²) in [4.78, 5) is 14.9. The number of hydrogen-bond donors (Lipinski definition) is 1. The van der Waals surface area contributed by atoms with E-state index in [4.69, 9.17) is 5.73 Å². The first kappa shape index (κ1) is 18.2. The number of nitrogens with two attached hydrogens (primary N) is 1. The lowest BCUT2D eigenvalue weighted by atomic mass is 9.90. The molecule has 0 aromatic heterocycles. The molecule has 24 heavy (non-hydrogen) atoms. The molecule has 3 heteroatoms. The van der Waals surface area contributed by atoms with Gasteiger partial charge in [0.2, 0.25) is 5.91 Å². The number of rotatable bonds is 6. The monoisotopic (exact) mass is 324 g/mol. The third-order valence-electron chi connectivity index (χ3n) is 4.65. The molecule has 2 aromatic rings. The lowest BCUT2D eigenvalue weighted by Gasteiger charge is -2.35. The van der Waals surface area contributed by atoms with Crippen molar-refractivity contribution in [3.63, 3.8) is 0 Å². The second kappa shape index (κ2) is 8.11. The molecule has 0 aliphatic heterocycles. The van der Waals surface area contributed by atoms with Crippen LogP contribution in [0.3, 0.4) is 0 Å². The SMILES string of the molecule is CC(C)C(c1ccccc1)N(C)C(=O)C(C)C(N)c1ccccc1. The number of amides is 1. The van der Waals surface area contributed by atoms with E-state index >= 15 is 0 Å². The van der Waals surface area contributed by atoms with Crippen molar-refractivity contribution in [1.82, 2.24) is 4.90 Å². The van der Waals surface area contributed by atoms with Crippen LogP contribution in [0.5, 0.6) is 0 Å². The van der Waals surface area contributed by atoms with Gasteiger partial charge in [0, 0.05) is 13.1 Å². The fourth-order valence-corrected chi connectivity index (χ4v) is 3.28. The maximum absolute atomic E-state index is 13.0. The van der Waals surface area contributed by atoms with Crippen molar-refractivity contribution in [3.05, 3.63) is 71.8 Å². The summed E-state index contributed by atoms with van der Waals surface area (Å²) < 4.78 is 0. The Balaban J connectivity index is 2.20. The van der Waals surface area contributed by atoms with E-state index in [1.54, 1.807) is 0 Å². The van der Waals surface area contributed by atoms with Crippen LogP contribution in [-0.2, 0) is 4.79 Å². The Morgan fingerprint density at radius 1 is 0.875 bits per heavy atom. The van der Waals surface area contributed by atoms with Crippen LogP contribution in [0.15, 0.2) is 60.7 Å². The Kier molecular flexibility index (Phi) is 6.16. The van der Waals surface area contributed by atoms with Crippen molar-refractivity contribution in [3.8, 4) is 0 Å². The standard InChI is InChI=1S/C21H28N2O/c1-15(2)20(18-13-9-6-10-14-18)23(4)21(24)16(3)19(22)17-11-7-5-8-12-17/h5-16,19-20H,22H2,1-4H3. The summed E-state index contributed by atoms with van der Waals surface area (Å²) in [6.07, 6.45) is 0. The Hall–Kier alpha value is -2.13. The third-order valence-corrected chi connectivity index (χ3v) is 4.65. The molecular formula is C21H28N2O. The van der Waals surface area contributed by atoms with Crippen LogP contribution in [0.25, 0.3) is 0 Å². The van der Waals surface area contributed by atoms with Gasteiger partial charge in [-0.3, -0.25) is 4.79 Å².